The fourth-order valence-corrected chi connectivity index (χ4v) is 9.92. The Balaban J connectivity index is 1.59. The molecule has 198 valence electrons. The number of hydrogen-bond donors (Lipinski definition) is 1. The van der Waals surface area contributed by atoms with Gasteiger partial charge in [-0.1, -0.05) is 65.3 Å². The van der Waals surface area contributed by atoms with Crippen molar-refractivity contribution >= 4 is 5.97 Å². The van der Waals surface area contributed by atoms with Gasteiger partial charge in [-0.3, -0.25) is 4.79 Å². The fraction of sp³-hybridized carbons (Fsp3) is 0.844. The van der Waals surface area contributed by atoms with Gasteiger partial charge in [0, 0.05) is 12.3 Å². The molecule has 0 heterocycles. The van der Waals surface area contributed by atoms with Crippen LogP contribution in [-0.4, -0.2) is 23.3 Å². The van der Waals surface area contributed by atoms with E-state index in [9.17, 15) is 9.90 Å². The molecule has 9 atom stereocenters. The summed E-state index contributed by atoms with van der Waals surface area (Å²) in [4.78, 5) is 11.8. The summed E-state index contributed by atoms with van der Waals surface area (Å²) in [5.41, 5.74) is 3.54. The first-order valence-corrected chi connectivity index (χ1v) is 14.4. The zero-order valence-electron chi connectivity index (χ0n) is 23.9. The molecule has 0 aliphatic heterocycles. The molecule has 0 bridgehead atoms. The lowest BCUT2D eigenvalue weighted by molar-refractivity contribution is -0.174. The molecule has 0 aromatic rings. The maximum atomic E-state index is 11.8. The van der Waals surface area contributed by atoms with Crippen molar-refractivity contribution in [2.45, 2.75) is 125 Å². The first-order valence-electron chi connectivity index (χ1n) is 14.4. The highest BCUT2D eigenvalue weighted by Gasteiger charge is 2.65. The van der Waals surface area contributed by atoms with Gasteiger partial charge in [-0.25, -0.2) is 0 Å². The van der Waals surface area contributed by atoms with E-state index < -0.39 is 0 Å². The minimum atomic E-state index is -0.364. The predicted octanol–water partition coefficient (Wildman–Crippen LogP) is 7.88. The van der Waals surface area contributed by atoms with Crippen LogP contribution >= 0.6 is 0 Å². The highest BCUT2D eigenvalue weighted by molar-refractivity contribution is 5.66. The molecular weight excluding hydrogens is 432 g/mol. The summed E-state index contributed by atoms with van der Waals surface area (Å²) in [6.45, 7) is 22.4. The molecule has 3 saturated carbocycles. The lowest BCUT2D eigenvalue weighted by Crippen LogP contribution is -2.58. The van der Waals surface area contributed by atoms with E-state index in [1.165, 1.54) is 25.7 Å². The summed E-state index contributed by atoms with van der Waals surface area (Å²) in [7, 11) is 0. The fourth-order valence-electron chi connectivity index (χ4n) is 9.92. The molecule has 4 aliphatic rings. The van der Waals surface area contributed by atoms with E-state index in [0.717, 1.165) is 37.7 Å². The minimum absolute atomic E-state index is 0.000794. The Hall–Kier alpha value is -1.09. The van der Waals surface area contributed by atoms with E-state index in [1.54, 1.807) is 12.5 Å². The number of rotatable bonds is 6. The van der Waals surface area contributed by atoms with Crippen LogP contribution in [0.4, 0.5) is 0 Å². The first kappa shape index (κ1) is 27.0. The molecule has 35 heavy (non-hydrogen) atoms. The van der Waals surface area contributed by atoms with Gasteiger partial charge >= 0.3 is 5.97 Å². The van der Waals surface area contributed by atoms with Gasteiger partial charge in [0.1, 0.15) is 6.10 Å². The molecule has 0 spiro atoms. The van der Waals surface area contributed by atoms with Gasteiger partial charge in [-0.05, 0) is 105 Å². The van der Waals surface area contributed by atoms with Crippen molar-refractivity contribution in [3.63, 3.8) is 0 Å². The topological polar surface area (TPSA) is 46.5 Å². The number of carbonyl (C=O) groups excluding carboxylic acids is 1. The average Bonchev–Trinajstić information content (AvgIpc) is 3.05. The highest BCUT2D eigenvalue weighted by atomic mass is 16.5. The Bertz CT molecular complexity index is 885. The van der Waals surface area contributed by atoms with Crippen LogP contribution in [0.3, 0.4) is 0 Å². The van der Waals surface area contributed by atoms with Crippen molar-refractivity contribution in [3.05, 3.63) is 23.8 Å². The SMILES string of the molecule is C=C(C)[C@H](O)CC[C@@H](C)[C@@H]1CC[C@]2(C)C3=CC[C@H]4C(C)(C)[C@@H](OC(C)=O)CC[C@]4(C)[C@H]3CC[C@@]12C. The molecule has 0 aromatic carbocycles. The molecular formula is C32H52O3. The molecule has 0 amide bonds. The zero-order chi connectivity index (χ0) is 26.0. The smallest absolute Gasteiger partial charge is 0.302 e. The summed E-state index contributed by atoms with van der Waals surface area (Å²) >= 11 is 0. The summed E-state index contributed by atoms with van der Waals surface area (Å²) in [5, 5.41) is 10.3. The molecule has 3 nitrogen and oxygen atoms in total. The number of esters is 1. The van der Waals surface area contributed by atoms with E-state index in [0.29, 0.717) is 29.1 Å². The Morgan fingerprint density at radius 2 is 1.77 bits per heavy atom. The average molecular weight is 485 g/mol. The molecule has 4 aliphatic carbocycles. The molecule has 3 heteroatoms. The van der Waals surface area contributed by atoms with E-state index in [-0.39, 0.29) is 34.4 Å². The summed E-state index contributed by atoms with van der Waals surface area (Å²) in [6.07, 6.45) is 12.7. The van der Waals surface area contributed by atoms with Crippen molar-refractivity contribution in [1.29, 1.82) is 0 Å². The van der Waals surface area contributed by atoms with Gasteiger partial charge in [-0.2, -0.15) is 0 Å². The second-order valence-electron chi connectivity index (χ2n) is 14.3. The van der Waals surface area contributed by atoms with Crippen LogP contribution in [0.5, 0.6) is 0 Å². The highest BCUT2D eigenvalue weighted by Crippen LogP contribution is 2.73. The normalized spacial score (nSPS) is 43.7. The minimum Gasteiger partial charge on any atom is -0.462 e. The van der Waals surface area contributed by atoms with Crippen LogP contribution in [0.1, 0.15) is 113 Å². The molecule has 1 N–H and O–H groups in total. The van der Waals surface area contributed by atoms with Crippen molar-refractivity contribution in [2.24, 2.45) is 45.3 Å². The predicted molar refractivity (Wildman–Crippen MR) is 144 cm³/mol. The molecule has 0 aromatic heterocycles. The molecule has 0 radical (unpaired) electrons. The first-order chi connectivity index (χ1) is 16.2. The van der Waals surface area contributed by atoms with Crippen LogP contribution in [0.25, 0.3) is 0 Å². The third-order valence-electron chi connectivity index (χ3n) is 12.3. The van der Waals surface area contributed by atoms with Crippen LogP contribution in [0, 0.1) is 45.3 Å². The summed E-state index contributed by atoms with van der Waals surface area (Å²) < 4.78 is 5.85. The van der Waals surface area contributed by atoms with E-state index >= 15 is 0 Å². The van der Waals surface area contributed by atoms with Crippen molar-refractivity contribution in [1.82, 2.24) is 0 Å². The van der Waals surface area contributed by atoms with Gasteiger partial charge < -0.3 is 9.84 Å². The number of aliphatic hydroxyl groups is 1. The lowest BCUT2D eigenvalue weighted by atomic mass is 9.41. The van der Waals surface area contributed by atoms with Crippen LogP contribution in [0.15, 0.2) is 23.8 Å². The van der Waals surface area contributed by atoms with Crippen LogP contribution in [0.2, 0.25) is 0 Å². The Morgan fingerprint density at radius 1 is 1.09 bits per heavy atom. The summed E-state index contributed by atoms with van der Waals surface area (Å²) in [6, 6.07) is 0. The number of ether oxygens (including phenoxy) is 1. The third kappa shape index (κ3) is 4.07. The Morgan fingerprint density at radius 3 is 2.40 bits per heavy atom. The second kappa shape index (κ2) is 9.03. The Kier molecular flexibility index (Phi) is 6.96. The number of hydrogen-bond acceptors (Lipinski definition) is 3. The second-order valence-corrected chi connectivity index (χ2v) is 14.3. The molecule has 3 fully saturated rings. The molecule has 0 unspecified atom stereocenters. The largest absolute Gasteiger partial charge is 0.462 e. The van der Waals surface area contributed by atoms with Crippen LogP contribution < -0.4 is 0 Å². The van der Waals surface area contributed by atoms with Gasteiger partial charge in [0.15, 0.2) is 0 Å². The zero-order valence-corrected chi connectivity index (χ0v) is 23.9. The lowest BCUT2D eigenvalue weighted by Gasteiger charge is -2.64. The quantitative estimate of drug-likeness (QED) is 0.308. The number of allylic oxidation sites excluding steroid dienone is 2. The van der Waals surface area contributed by atoms with E-state index in [1.807, 2.05) is 6.92 Å². The van der Waals surface area contributed by atoms with E-state index in [4.69, 9.17) is 4.74 Å². The monoisotopic (exact) mass is 484 g/mol. The Labute approximate surface area is 215 Å². The summed E-state index contributed by atoms with van der Waals surface area (Å²) in [5.74, 6) is 2.40. The number of carbonyl (C=O) groups is 1. The van der Waals surface area contributed by atoms with Gasteiger partial charge in [-0.15, -0.1) is 0 Å². The maximum Gasteiger partial charge on any atom is 0.302 e. The van der Waals surface area contributed by atoms with Gasteiger partial charge in [0.05, 0.1) is 6.10 Å². The van der Waals surface area contributed by atoms with Crippen molar-refractivity contribution in [2.75, 3.05) is 0 Å². The van der Waals surface area contributed by atoms with E-state index in [2.05, 4.69) is 54.2 Å². The number of aliphatic hydroxyl groups excluding tert-OH is 1. The van der Waals surface area contributed by atoms with Crippen LogP contribution in [-0.2, 0) is 9.53 Å². The maximum absolute atomic E-state index is 11.8. The van der Waals surface area contributed by atoms with Crippen molar-refractivity contribution < 1.29 is 14.6 Å². The van der Waals surface area contributed by atoms with Gasteiger partial charge in [0.2, 0.25) is 0 Å². The van der Waals surface area contributed by atoms with Gasteiger partial charge in [0.25, 0.3) is 0 Å². The number of fused-ring (bicyclic) bond motifs is 5. The molecule has 4 rings (SSSR count). The standard InChI is InChI=1S/C32H52O3/c1-20(2)26(34)12-10-21(3)23-14-18-32(9)25-11-13-27-29(5,6)28(35-22(4)33)16-17-30(27,7)24(25)15-19-31(23,32)8/h11,21,23-24,26-28,34H,1,10,12-19H2,2-9H3/t21-,23+,24+,26-,27+,28+,30-,31+,32-/m1/s1. The third-order valence-corrected chi connectivity index (χ3v) is 12.3. The molecule has 0 saturated heterocycles. The van der Waals surface area contributed by atoms with Crippen molar-refractivity contribution in [3.8, 4) is 0 Å².